The summed E-state index contributed by atoms with van der Waals surface area (Å²) in [4.78, 5) is 15.7. The van der Waals surface area contributed by atoms with Gasteiger partial charge in [0.25, 0.3) is 0 Å². The van der Waals surface area contributed by atoms with Gasteiger partial charge in [-0.1, -0.05) is 34.1 Å². The molecule has 18 heavy (non-hydrogen) atoms. The molecule has 0 fully saturated rings. The highest BCUT2D eigenvalue weighted by atomic mass is 33.1. The van der Waals surface area contributed by atoms with E-state index < -0.39 is 0 Å². The van der Waals surface area contributed by atoms with Crippen LogP contribution in [0.5, 0.6) is 0 Å². The third-order valence-corrected chi connectivity index (χ3v) is 7.25. The average molecular weight is 337 g/mol. The minimum Gasteiger partial charge on any atom is -0.301 e. The van der Waals surface area contributed by atoms with E-state index in [1.807, 2.05) is 10.8 Å². The van der Waals surface area contributed by atoms with Crippen molar-refractivity contribution >= 4 is 65.5 Å². The van der Waals surface area contributed by atoms with Gasteiger partial charge in [0.1, 0.15) is 0 Å². The summed E-state index contributed by atoms with van der Waals surface area (Å²) >= 11 is 4.91. The van der Waals surface area contributed by atoms with Crippen LogP contribution in [0, 0.1) is 3.95 Å². The fourth-order valence-corrected chi connectivity index (χ4v) is 5.59. The molecule has 2 rings (SSSR count). The summed E-state index contributed by atoms with van der Waals surface area (Å²) in [5, 5.41) is 6.17. The van der Waals surface area contributed by atoms with Gasteiger partial charge in [-0.15, -0.1) is 0 Å². The maximum atomic E-state index is 11.6. The topological polar surface area (TPSA) is 42.0 Å². The van der Waals surface area contributed by atoms with Gasteiger partial charge in [0.15, 0.2) is 3.95 Å². The smallest absolute Gasteiger partial charge is 0.226 e. The Morgan fingerprint density at radius 1 is 1.44 bits per heavy atom. The second-order valence-electron chi connectivity index (χ2n) is 3.70. The maximum Gasteiger partial charge on any atom is 0.226 e. The van der Waals surface area contributed by atoms with Gasteiger partial charge in [-0.25, -0.2) is 0 Å². The lowest BCUT2D eigenvalue weighted by atomic mass is 10.1. The van der Waals surface area contributed by atoms with Gasteiger partial charge in [-0.05, 0) is 51.1 Å². The van der Waals surface area contributed by atoms with E-state index in [9.17, 15) is 4.79 Å². The van der Waals surface area contributed by atoms with Crippen LogP contribution in [0.1, 0.15) is 25.7 Å². The minimum absolute atomic E-state index is 0.0375. The first-order chi connectivity index (χ1) is 8.74. The van der Waals surface area contributed by atoms with Gasteiger partial charge in [0.05, 0.1) is 0 Å². The second-order valence-corrected chi connectivity index (χ2v) is 8.87. The summed E-state index contributed by atoms with van der Waals surface area (Å²) in [5.41, 5.74) is 0. The number of nitrogens with zero attached hydrogens (tertiary/aromatic N) is 1. The van der Waals surface area contributed by atoms with Crippen molar-refractivity contribution in [3.05, 3.63) is 15.4 Å². The van der Waals surface area contributed by atoms with Gasteiger partial charge < -0.3 is 5.32 Å². The number of hydrogen-bond donors (Lipinski definition) is 1. The first-order valence-corrected chi connectivity index (χ1v) is 10.3. The summed E-state index contributed by atoms with van der Waals surface area (Å²) in [6, 6.07) is 0. The Morgan fingerprint density at radius 2 is 2.33 bits per heavy atom. The summed E-state index contributed by atoms with van der Waals surface area (Å²) in [6.07, 6.45) is 5.96. The zero-order chi connectivity index (χ0) is 12.8. The van der Waals surface area contributed by atoms with Crippen LogP contribution in [0.4, 0.5) is 5.13 Å². The monoisotopic (exact) mass is 336 g/mol. The highest BCUT2D eigenvalue weighted by Crippen LogP contribution is 2.37. The third kappa shape index (κ3) is 5.00. The number of aromatic nitrogens is 1. The molecular weight excluding hydrogens is 324 g/mol. The van der Waals surface area contributed by atoms with E-state index in [1.165, 1.54) is 20.7 Å². The van der Waals surface area contributed by atoms with E-state index in [0.717, 1.165) is 19.3 Å². The first-order valence-electron chi connectivity index (χ1n) is 5.50. The Morgan fingerprint density at radius 3 is 3.00 bits per heavy atom. The van der Waals surface area contributed by atoms with Crippen LogP contribution < -0.4 is 5.32 Å². The molecular formula is C10H12N2OS5. The van der Waals surface area contributed by atoms with Crippen LogP contribution >= 0.6 is 54.5 Å². The Hall–Kier alpha value is 0.110. The van der Waals surface area contributed by atoms with Crippen LogP contribution in [-0.2, 0) is 4.79 Å². The molecule has 0 radical (unpaired) electrons. The van der Waals surface area contributed by atoms with Crippen LogP contribution in [0.2, 0.25) is 0 Å². The van der Waals surface area contributed by atoms with E-state index in [1.54, 1.807) is 10.8 Å². The molecule has 0 saturated carbocycles. The summed E-state index contributed by atoms with van der Waals surface area (Å²) in [6.45, 7) is 0. The van der Waals surface area contributed by atoms with Crippen molar-refractivity contribution in [2.75, 3.05) is 5.32 Å². The SMILES string of the molecule is O=C(CCCCC1C=CSS1)Nc1nc(=S)ss1. The number of amides is 1. The van der Waals surface area contributed by atoms with Crippen LogP contribution in [0.3, 0.4) is 0 Å². The maximum absolute atomic E-state index is 11.6. The number of hydrogen-bond acceptors (Lipinski definition) is 7. The van der Waals surface area contributed by atoms with Crippen LogP contribution in [0.25, 0.3) is 0 Å². The van der Waals surface area contributed by atoms with Crippen LogP contribution in [0.15, 0.2) is 11.5 Å². The molecule has 3 nitrogen and oxygen atoms in total. The predicted octanol–water partition coefficient (Wildman–Crippen LogP) is 4.71. The summed E-state index contributed by atoms with van der Waals surface area (Å²) in [7, 11) is 6.51. The summed E-state index contributed by atoms with van der Waals surface area (Å²) < 4.78 is 0.581. The lowest BCUT2D eigenvalue weighted by Gasteiger charge is -2.05. The summed E-state index contributed by atoms with van der Waals surface area (Å²) in [5.74, 6) is 0.0375. The fraction of sp³-hybridized carbons (Fsp3) is 0.500. The Kier molecular flexibility index (Phi) is 6.16. The highest BCUT2D eigenvalue weighted by molar-refractivity contribution is 8.78. The van der Waals surface area contributed by atoms with Crippen molar-refractivity contribution in [1.29, 1.82) is 0 Å². The van der Waals surface area contributed by atoms with Crippen LogP contribution in [-0.4, -0.2) is 16.1 Å². The van der Waals surface area contributed by atoms with Crippen molar-refractivity contribution < 1.29 is 4.79 Å². The molecule has 2 heterocycles. The highest BCUT2D eigenvalue weighted by Gasteiger charge is 2.10. The molecule has 1 aromatic rings. The van der Waals surface area contributed by atoms with Gasteiger partial charge in [0, 0.05) is 11.7 Å². The van der Waals surface area contributed by atoms with E-state index in [0.29, 0.717) is 20.8 Å². The van der Waals surface area contributed by atoms with Crippen molar-refractivity contribution in [3.8, 4) is 0 Å². The molecule has 0 aromatic carbocycles. The first kappa shape index (κ1) is 14.5. The molecule has 0 bridgehead atoms. The van der Waals surface area contributed by atoms with E-state index in [4.69, 9.17) is 12.2 Å². The molecule has 1 aliphatic heterocycles. The molecule has 0 aliphatic carbocycles. The number of anilines is 1. The van der Waals surface area contributed by atoms with E-state index >= 15 is 0 Å². The van der Waals surface area contributed by atoms with Crippen molar-refractivity contribution in [1.82, 2.24) is 4.98 Å². The molecule has 98 valence electrons. The average Bonchev–Trinajstić information content (AvgIpc) is 2.96. The molecule has 1 aliphatic rings. The number of unbranched alkanes of at least 4 members (excludes halogenated alkanes) is 1. The van der Waals surface area contributed by atoms with Crippen molar-refractivity contribution in [3.63, 3.8) is 0 Å². The largest absolute Gasteiger partial charge is 0.301 e. The number of carbonyl (C=O) groups is 1. The zero-order valence-electron chi connectivity index (χ0n) is 9.46. The Balaban J connectivity index is 1.60. The molecule has 0 spiro atoms. The normalized spacial score (nSPS) is 18.1. The van der Waals surface area contributed by atoms with Crippen molar-refractivity contribution in [2.24, 2.45) is 0 Å². The quantitative estimate of drug-likeness (QED) is 0.463. The standard InChI is InChI=1S/C10H12N2OS5/c13-8(11-9-12-10(14)18-17-9)4-2-1-3-7-5-6-15-16-7/h5-7H,1-4H2,(H,11,12,13,14). The zero-order valence-corrected chi connectivity index (χ0v) is 13.5. The molecule has 1 aromatic heterocycles. The number of nitrogens with one attached hydrogen (secondary N) is 1. The number of carbonyl (C=O) groups excluding carboxylic acids is 1. The van der Waals surface area contributed by atoms with Crippen molar-refractivity contribution in [2.45, 2.75) is 30.9 Å². The molecule has 1 N–H and O–H groups in total. The van der Waals surface area contributed by atoms with E-state index in [-0.39, 0.29) is 5.91 Å². The van der Waals surface area contributed by atoms with E-state index in [2.05, 4.69) is 21.8 Å². The Bertz CT molecular complexity index is 481. The molecule has 1 unspecified atom stereocenters. The number of rotatable bonds is 6. The van der Waals surface area contributed by atoms with Gasteiger partial charge in [0.2, 0.25) is 11.0 Å². The van der Waals surface area contributed by atoms with Gasteiger partial charge in [-0.3, -0.25) is 4.79 Å². The van der Waals surface area contributed by atoms with Gasteiger partial charge in [-0.2, -0.15) is 4.98 Å². The lowest BCUT2D eigenvalue weighted by molar-refractivity contribution is -0.116. The second kappa shape index (κ2) is 7.64. The molecule has 0 saturated heterocycles. The fourth-order valence-electron chi connectivity index (χ4n) is 1.46. The lowest BCUT2D eigenvalue weighted by Crippen LogP contribution is -2.11. The predicted molar refractivity (Wildman–Crippen MR) is 86.0 cm³/mol. The molecule has 8 heteroatoms. The van der Waals surface area contributed by atoms with Gasteiger partial charge >= 0.3 is 0 Å². The molecule has 1 amide bonds. The molecule has 1 atom stereocenters. The minimum atomic E-state index is 0.0375. The third-order valence-electron chi connectivity index (χ3n) is 2.30. The Labute approximate surface area is 126 Å².